The molecule has 0 aromatic rings. The van der Waals surface area contributed by atoms with E-state index in [2.05, 4.69) is 13.5 Å². The van der Waals surface area contributed by atoms with E-state index in [1.165, 1.54) is 5.57 Å². The van der Waals surface area contributed by atoms with E-state index in [0.717, 1.165) is 12.2 Å². The van der Waals surface area contributed by atoms with E-state index in [-0.39, 0.29) is 0 Å². The normalized spacial score (nSPS) is 12.3. The van der Waals surface area contributed by atoms with Crippen molar-refractivity contribution >= 4 is 0 Å². The molecule has 0 amide bonds. The molecule has 52 valence electrons. The van der Waals surface area contributed by atoms with Crippen LogP contribution in [-0.2, 0) is 4.74 Å². The first-order valence-corrected chi connectivity index (χ1v) is 3.12. The second-order valence-corrected chi connectivity index (χ2v) is 1.91. The monoisotopic (exact) mass is 126 g/mol. The van der Waals surface area contributed by atoms with Gasteiger partial charge < -0.3 is 4.74 Å². The summed E-state index contributed by atoms with van der Waals surface area (Å²) in [7, 11) is 1.66. The van der Waals surface area contributed by atoms with Crippen LogP contribution in [-0.4, -0.2) is 7.11 Å². The Morgan fingerprint density at radius 3 is 2.33 bits per heavy atom. The number of methoxy groups -OCH3 is 1. The maximum atomic E-state index is 5.01. The van der Waals surface area contributed by atoms with Crippen molar-refractivity contribution in [1.82, 2.24) is 0 Å². The smallest absolute Gasteiger partial charge is 0.117 e. The molecule has 0 fully saturated rings. The Balaban J connectivity index is 4.18. The SMILES string of the molecule is C=C/C(OC)=C(/C)CC. The molecule has 0 aliphatic carbocycles. The van der Waals surface area contributed by atoms with Crippen LogP contribution in [0.3, 0.4) is 0 Å². The molecule has 0 bridgehead atoms. The van der Waals surface area contributed by atoms with Gasteiger partial charge in [0.2, 0.25) is 0 Å². The first-order chi connectivity index (χ1) is 4.26. The van der Waals surface area contributed by atoms with Crippen molar-refractivity contribution in [1.29, 1.82) is 0 Å². The number of hydrogen-bond donors (Lipinski definition) is 0. The van der Waals surface area contributed by atoms with Crippen LogP contribution in [0.25, 0.3) is 0 Å². The lowest BCUT2D eigenvalue weighted by molar-refractivity contribution is 0.301. The van der Waals surface area contributed by atoms with Crippen molar-refractivity contribution in [3.8, 4) is 0 Å². The fraction of sp³-hybridized carbons (Fsp3) is 0.500. The van der Waals surface area contributed by atoms with Crippen LogP contribution in [0.5, 0.6) is 0 Å². The molecular formula is C8H14O. The van der Waals surface area contributed by atoms with Crippen LogP contribution >= 0.6 is 0 Å². The Morgan fingerprint density at radius 2 is 2.22 bits per heavy atom. The quantitative estimate of drug-likeness (QED) is 0.417. The highest BCUT2D eigenvalue weighted by Crippen LogP contribution is 2.08. The van der Waals surface area contributed by atoms with E-state index in [1.807, 2.05) is 6.92 Å². The van der Waals surface area contributed by atoms with Crippen molar-refractivity contribution in [2.45, 2.75) is 20.3 Å². The van der Waals surface area contributed by atoms with Crippen molar-refractivity contribution in [2.24, 2.45) is 0 Å². The molecule has 0 spiro atoms. The average Bonchev–Trinajstić information content (AvgIpc) is 1.90. The minimum absolute atomic E-state index is 0.900. The fourth-order valence-electron chi connectivity index (χ4n) is 0.606. The van der Waals surface area contributed by atoms with Crippen LogP contribution in [0, 0.1) is 0 Å². The van der Waals surface area contributed by atoms with E-state index in [1.54, 1.807) is 13.2 Å². The molecular weight excluding hydrogens is 112 g/mol. The Morgan fingerprint density at radius 1 is 1.67 bits per heavy atom. The maximum absolute atomic E-state index is 5.01. The summed E-state index contributed by atoms with van der Waals surface area (Å²) < 4.78 is 5.01. The summed E-state index contributed by atoms with van der Waals surface area (Å²) in [5, 5.41) is 0. The average molecular weight is 126 g/mol. The second-order valence-electron chi connectivity index (χ2n) is 1.91. The molecule has 0 saturated heterocycles. The molecule has 0 saturated carbocycles. The highest BCUT2D eigenvalue weighted by Gasteiger charge is 1.92. The van der Waals surface area contributed by atoms with Crippen molar-refractivity contribution in [3.63, 3.8) is 0 Å². The number of rotatable bonds is 3. The summed E-state index contributed by atoms with van der Waals surface area (Å²) in [6, 6.07) is 0. The zero-order valence-corrected chi connectivity index (χ0v) is 6.40. The Hall–Kier alpha value is -0.720. The molecule has 0 aromatic carbocycles. The lowest BCUT2D eigenvalue weighted by atomic mass is 10.2. The minimum Gasteiger partial charge on any atom is -0.497 e. The molecule has 0 unspecified atom stereocenters. The molecule has 0 aliphatic rings. The summed E-state index contributed by atoms with van der Waals surface area (Å²) in [5.74, 6) is 0.900. The Labute approximate surface area is 57.0 Å². The number of hydrogen-bond acceptors (Lipinski definition) is 1. The number of ether oxygens (including phenoxy) is 1. The van der Waals surface area contributed by atoms with Crippen LogP contribution < -0.4 is 0 Å². The van der Waals surface area contributed by atoms with Gasteiger partial charge in [0.05, 0.1) is 7.11 Å². The van der Waals surface area contributed by atoms with E-state index in [4.69, 9.17) is 4.74 Å². The summed E-state index contributed by atoms with van der Waals surface area (Å²) in [6.07, 6.45) is 2.76. The van der Waals surface area contributed by atoms with Gasteiger partial charge in [-0.1, -0.05) is 13.5 Å². The summed E-state index contributed by atoms with van der Waals surface area (Å²) in [6.45, 7) is 7.76. The lowest BCUT2D eigenvalue weighted by Crippen LogP contribution is -1.85. The van der Waals surface area contributed by atoms with Gasteiger partial charge in [0.25, 0.3) is 0 Å². The molecule has 9 heavy (non-hydrogen) atoms. The van der Waals surface area contributed by atoms with E-state index >= 15 is 0 Å². The maximum Gasteiger partial charge on any atom is 0.117 e. The van der Waals surface area contributed by atoms with E-state index in [9.17, 15) is 0 Å². The van der Waals surface area contributed by atoms with E-state index < -0.39 is 0 Å². The third kappa shape index (κ3) is 2.36. The van der Waals surface area contributed by atoms with Crippen molar-refractivity contribution in [2.75, 3.05) is 7.11 Å². The van der Waals surface area contributed by atoms with E-state index in [0.29, 0.717) is 0 Å². The number of allylic oxidation sites excluding steroid dienone is 2. The Bertz CT molecular complexity index is 123. The van der Waals surface area contributed by atoms with Crippen LogP contribution in [0.1, 0.15) is 20.3 Å². The van der Waals surface area contributed by atoms with Gasteiger partial charge in [-0.15, -0.1) is 0 Å². The van der Waals surface area contributed by atoms with Crippen LogP contribution in [0.4, 0.5) is 0 Å². The Kier molecular flexibility index (Phi) is 3.85. The van der Waals surface area contributed by atoms with Crippen LogP contribution in [0.15, 0.2) is 24.0 Å². The molecule has 0 heterocycles. The van der Waals surface area contributed by atoms with Gasteiger partial charge >= 0.3 is 0 Å². The predicted octanol–water partition coefficient (Wildman–Crippen LogP) is 2.50. The zero-order chi connectivity index (χ0) is 7.28. The minimum atomic E-state index is 0.900. The lowest BCUT2D eigenvalue weighted by Gasteiger charge is -2.02. The predicted molar refractivity (Wildman–Crippen MR) is 40.2 cm³/mol. The molecule has 0 rings (SSSR count). The highest BCUT2D eigenvalue weighted by atomic mass is 16.5. The molecule has 0 radical (unpaired) electrons. The fourth-order valence-corrected chi connectivity index (χ4v) is 0.606. The van der Waals surface area contributed by atoms with Gasteiger partial charge in [-0.3, -0.25) is 0 Å². The topological polar surface area (TPSA) is 9.23 Å². The molecule has 0 aliphatic heterocycles. The summed E-state index contributed by atoms with van der Waals surface area (Å²) in [4.78, 5) is 0. The molecule has 1 heteroatoms. The highest BCUT2D eigenvalue weighted by molar-refractivity contribution is 5.15. The van der Waals surface area contributed by atoms with Gasteiger partial charge in [0.15, 0.2) is 0 Å². The first kappa shape index (κ1) is 8.28. The van der Waals surface area contributed by atoms with Gasteiger partial charge in [-0.05, 0) is 25.0 Å². The van der Waals surface area contributed by atoms with Crippen LogP contribution in [0.2, 0.25) is 0 Å². The van der Waals surface area contributed by atoms with Gasteiger partial charge in [0, 0.05) is 0 Å². The third-order valence-electron chi connectivity index (χ3n) is 1.36. The molecule has 1 nitrogen and oxygen atoms in total. The van der Waals surface area contributed by atoms with Crippen molar-refractivity contribution < 1.29 is 4.74 Å². The second kappa shape index (κ2) is 4.19. The first-order valence-electron chi connectivity index (χ1n) is 3.12. The van der Waals surface area contributed by atoms with Gasteiger partial charge in [-0.25, -0.2) is 0 Å². The molecule has 0 aromatic heterocycles. The van der Waals surface area contributed by atoms with Gasteiger partial charge in [0.1, 0.15) is 5.76 Å². The van der Waals surface area contributed by atoms with Crippen molar-refractivity contribution in [3.05, 3.63) is 24.0 Å². The summed E-state index contributed by atoms with van der Waals surface area (Å²) >= 11 is 0. The zero-order valence-electron chi connectivity index (χ0n) is 6.40. The summed E-state index contributed by atoms with van der Waals surface area (Å²) in [5.41, 5.74) is 1.24. The third-order valence-corrected chi connectivity index (χ3v) is 1.36. The molecule has 0 atom stereocenters. The standard InChI is InChI=1S/C8H14O/c1-5-7(3)8(6-2)9-4/h6H,2,5H2,1,3-4H3/b8-7+. The van der Waals surface area contributed by atoms with Gasteiger partial charge in [-0.2, -0.15) is 0 Å². The molecule has 0 N–H and O–H groups in total. The largest absolute Gasteiger partial charge is 0.497 e.